The molecule has 2 N–H and O–H groups in total. The number of ketones is 1. The van der Waals surface area contributed by atoms with Crippen LogP contribution in [0.25, 0.3) is 0 Å². The van der Waals surface area contributed by atoms with E-state index in [-0.39, 0.29) is 11.7 Å². The van der Waals surface area contributed by atoms with Crippen molar-refractivity contribution in [2.75, 3.05) is 18.4 Å². The first-order valence-corrected chi connectivity index (χ1v) is 7.80. The van der Waals surface area contributed by atoms with Gasteiger partial charge in [-0.25, -0.2) is 0 Å². The number of carbonyl (C=O) groups is 2. The van der Waals surface area contributed by atoms with Crippen LogP contribution in [0.15, 0.2) is 54.6 Å². The Morgan fingerprint density at radius 3 is 2.26 bits per heavy atom. The van der Waals surface area contributed by atoms with E-state index >= 15 is 0 Å². The van der Waals surface area contributed by atoms with Gasteiger partial charge in [0.15, 0.2) is 5.78 Å². The molecule has 0 heterocycles. The molecule has 0 spiro atoms. The Hall–Kier alpha value is -2.46. The molecular formula is C19H22N2O2. The summed E-state index contributed by atoms with van der Waals surface area (Å²) in [6, 6.07) is 17.2. The van der Waals surface area contributed by atoms with Gasteiger partial charge in [-0.05, 0) is 49.7 Å². The molecule has 2 aromatic rings. The van der Waals surface area contributed by atoms with Gasteiger partial charge in [-0.2, -0.15) is 0 Å². The van der Waals surface area contributed by atoms with E-state index in [0.29, 0.717) is 24.2 Å². The van der Waals surface area contributed by atoms with Crippen LogP contribution in [0.4, 0.5) is 5.69 Å². The first kappa shape index (κ1) is 16.9. The van der Waals surface area contributed by atoms with E-state index in [9.17, 15) is 9.59 Å². The second-order valence-corrected chi connectivity index (χ2v) is 5.42. The maximum absolute atomic E-state index is 11.8. The average Bonchev–Trinajstić information content (AvgIpc) is 2.56. The Morgan fingerprint density at radius 1 is 0.913 bits per heavy atom. The predicted octanol–water partition coefficient (Wildman–Crippen LogP) is 3.05. The van der Waals surface area contributed by atoms with Gasteiger partial charge in [-0.3, -0.25) is 9.59 Å². The predicted molar refractivity (Wildman–Crippen MR) is 92.7 cm³/mol. The lowest BCUT2D eigenvalue weighted by molar-refractivity contribution is -0.116. The van der Waals surface area contributed by atoms with E-state index in [4.69, 9.17) is 0 Å². The molecule has 0 atom stereocenters. The number of Topliss-reactive ketones (excluding diaryl/α,β-unsaturated/α-hetero) is 1. The smallest absolute Gasteiger partial charge is 0.225 e. The molecule has 4 nitrogen and oxygen atoms in total. The number of anilines is 1. The molecule has 0 fully saturated rings. The molecule has 1 amide bonds. The molecule has 0 unspecified atom stereocenters. The van der Waals surface area contributed by atoms with E-state index in [1.54, 1.807) is 24.3 Å². The molecule has 120 valence electrons. The highest BCUT2D eigenvalue weighted by molar-refractivity contribution is 5.95. The summed E-state index contributed by atoms with van der Waals surface area (Å²) >= 11 is 0. The Morgan fingerprint density at radius 2 is 1.61 bits per heavy atom. The van der Waals surface area contributed by atoms with Gasteiger partial charge in [0.25, 0.3) is 0 Å². The van der Waals surface area contributed by atoms with Crippen LogP contribution >= 0.6 is 0 Å². The zero-order chi connectivity index (χ0) is 16.5. The van der Waals surface area contributed by atoms with Crippen molar-refractivity contribution in [3.63, 3.8) is 0 Å². The van der Waals surface area contributed by atoms with Gasteiger partial charge in [-0.15, -0.1) is 0 Å². The van der Waals surface area contributed by atoms with Crippen molar-refractivity contribution < 1.29 is 9.59 Å². The third kappa shape index (κ3) is 6.04. The van der Waals surface area contributed by atoms with E-state index in [1.165, 1.54) is 12.5 Å². The van der Waals surface area contributed by atoms with Crippen LogP contribution in [-0.4, -0.2) is 24.8 Å². The summed E-state index contributed by atoms with van der Waals surface area (Å²) in [6.45, 7) is 3.02. The van der Waals surface area contributed by atoms with E-state index in [0.717, 1.165) is 13.0 Å². The lowest BCUT2D eigenvalue weighted by Crippen LogP contribution is -2.23. The second-order valence-electron chi connectivity index (χ2n) is 5.42. The topological polar surface area (TPSA) is 58.2 Å². The van der Waals surface area contributed by atoms with Gasteiger partial charge in [0.05, 0.1) is 0 Å². The number of carbonyl (C=O) groups excluding carboxylic acids is 2. The summed E-state index contributed by atoms with van der Waals surface area (Å²) < 4.78 is 0. The molecule has 0 radical (unpaired) electrons. The highest BCUT2D eigenvalue weighted by Gasteiger charge is 2.03. The zero-order valence-corrected chi connectivity index (χ0v) is 13.3. The number of hydrogen-bond acceptors (Lipinski definition) is 3. The third-order valence-corrected chi connectivity index (χ3v) is 3.54. The Kier molecular flexibility index (Phi) is 6.51. The molecule has 0 aliphatic heterocycles. The van der Waals surface area contributed by atoms with E-state index < -0.39 is 0 Å². The molecule has 0 saturated heterocycles. The molecule has 2 rings (SSSR count). The second kappa shape index (κ2) is 8.86. The van der Waals surface area contributed by atoms with Crippen molar-refractivity contribution in [2.45, 2.75) is 19.8 Å². The highest BCUT2D eigenvalue weighted by Crippen LogP contribution is 2.10. The van der Waals surface area contributed by atoms with E-state index in [1.807, 2.05) is 18.2 Å². The van der Waals surface area contributed by atoms with Crippen molar-refractivity contribution in [2.24, 2.45) is 0 Å². The molecule has 0 aromatic heterocycles. The van der Waals surface area contributed by atoms with Crippen LogP contribution in [0.5, 0.6) is 0 Å². The van der Waals surface area contributed by atoms with Crippen LogP contribution in [0, 0.1) is 0 Å². The number of nitrogens with one attached hydrogen (secondary N) is 2. The molecule has 4 heteroatoms. The number of rotatable bonds is 8. The van der Waals surface area contributed by atoms with Crippen LogP contribution < -0.4 is 10.6 Å². The summed E-state index contributed by atoms with van der Waals surface area (Å²) in [5.41, 5.74) is 2.64. The van der Waals surface area contributed by atoms with Crippen LogP contribution in [-0.2, 0) is 11.2 Å². The van der Waals surface area contributed by atoms with Crippen molar-refractivity contribution in [3.05, 3.63) is 65.7 Å². The average molecular weight is 310 g/mol. The summed E-state index contributed by atoms with van der Waals surface area (Å²) in [4.78, 5) is 23.0. The maximum Gasteiger partial charge on any atom is 0.225 e. The van der Waals surface area contributed by atoms with Crippen LogP contribution in [0.3, 0.4) is 0 Å². The molecule has 0 saturated carbocycles. The highest BCUT2D eigenvalue weighted by atomic mass is 16.1. The Bertz CT molecular complexity index is 636. The van der Waals surface area contributed by atoms with Crippen molar-refractivity contribution in [1.82, 2.24) is 5.32 Å². The Labute approximate surface area is 136 Å². The van der Waals surface area contributed by atoms with Crippen molar-refractivity contribution in [3.8, 4) is 0 Å². The maximum atomic E-state index is 11.8. The monoisotopic (exact) mass is 310 g/mol. The SMILES string of the molecule is CC(=O)c1ccc(NC(=O)CCNCCc2ccccc2)cc1. The van der Waals surface area contributed by atoms with Gasteiger partial charge in [-0.1, -0.05) is 30.3 Å². The molecule has 0 aliphatic carbocycles. The van der Waals surface area contributed by atoms with Crippen LogP contribution in [0.2, 0.25) is 0 Å². The Balaban J connectivity index is 1.64. The quantitative estimate of drug-likeness (QED) is 0.582. The van der Waals surface area contributed by atoms with Gasteiger partial charge in [0.1, 0.15) is 0 Å². The van der Waals surface area contributed by atoms with Gasteiger partial charge in [0.2, 0.25) is 5.91 Å². The fourth-order valence-corrected chi connectivity index (χ4v) is 2.22. The normalized spacial score (nSPS) is 10.3. The minimum absolute atomic E-state index is 0.0190. The first-order valence-electron chi connectivity index (χ1n) is 7.80. The van der Waals surface area contributed by atoms with Crippen molar-refractivity contribution in [1.29, 1.82) is 0 Å². The summed E-state index contributed by atoms with van der Waals surface area (Å²) in [5, 5.41) is 6.10. The minimum atomic E-state index is -0.0345. The lowest BCUT2D eigenvalue weighted by Gasteiger charge is -2.07. The number of amides is 1. The first-order chi connectivity index (χ1) is 11.1. The van der Waals surface area contributed by atoms with E-state index in [2.05, 4.69) is 22.8 Å². The molecule has 23 heavy (non-hydrogen) atoms. The number of benzene rings is 2. The van der Waals surface area contributed by atoms with Crippen LogP contribution in [0.1, 0.15) is 29.3 Å². The third-order valence-electron chi connectivity index (χ3n) is 3.54. The fraction of sp³-hybridized carbons (Fsp3) is 0.263. The molecule has 2 aromatic carbocycles. The summed E-state index contributed by atoms with van der Waals surface area (Å²) in [7, 11) is 0. The number of hydrogen-bond donors (Lipinski definition) is 2. The molecule has 0 aliphatic rings. The largest absolute Gasteiger partial charge is 0.326 e. The summed E-state index contributed by atoms with van der Waals surface area (Å²) in [5.74, 6) is -0.0155. The van der Waals surface area contributed by atoms with Gasteiger partial charge < -0.3 is 10.6 Å². The lowest BCUT2D eigenvalue weighted by atomic mass is 10.1. The zero-order valence-electron chi connectivity index (χ0n) is 13.3. The fourth-order valence-electron chi connectivity index (χ4n) is 2.22. The van der Waals surface area contributed by atoms with Gasteiger partial charge in [0, 0.05) is 24.2 Å². The molecule has 0 bridgehead atoms. The standard InChI is InChI=1S/C19H22N2O2/c1-15(22)17-7-9-18(10-8-17)21-19(23)12-14-20-13-11-16-5-3-2-4-6-16/h2-10,20H,11-14H2,1H3,(H,21,23). The van der Waals surface area contributed by atoms with Gasteiger partial charge >= 0.3 is 0 Å². The van der Waals surface area contributed by atoms with Crippen molar-refractivity contribution >= 4 is 17.4 Å². The summed E-state index contributed by atoms with van der Waals surface area (Å²) in [6.07, 6.45) is 1.37. The minimum Gasteiger partial charge on any atom is -0.326 e. The molecular weight excluding hydrogens is 288 g/mol.